The van der Waals surface area contributed by atoms with Gasteiger partial charge in [-0.2, -0.15) is 11.8 Å². The zero-order valence-electron chi connectivity index (χ0n) is 9.87. The van der Waals surface area contributed by atoms with E-state index >= 15 is 0 Å². The van der Waals surface area contributed by atoms with Gasteiger partial charge < -0.3 is 5.32 Å². The van der Waals surface area contributed by atoms with Gasteiger partial charge in [-0.1, -0.05) is 0 Å². The number of likely N-dealkylation sites (tertiary alicyclic amines) is 1. The van der Waals surface area contributed by atoms with Crippen molar-refractivity contribution in [1.29, 1.82) is 0 Å². The maximum atomic E-state index is 3.33. The molecule has 88 valence electrons. The third-order valence-electron chi connectivity index (χ3n) is 3.70. The summed E-state index contributed by atoms with van der Waals surface area (Å²) in [4.78, 5) is 2.76. The van der Waals surface area contributed by atoms with Crippen molar-refractivity contribution in [3.63, 3.8) is 0 Å². The fourth-order valence-electron chi connectivity index (χ4n) is 2.90. The third kappa shape index (κ3) is 3.36. The van der Waals surface area contributed by atoms with Gasteiger partial charge in [-0.25, -0.2) is 0 Å². The molecule has 2 aliphatic heterocycles. The van der Waals surface area contributed by atoms with Crippen molar-refractivity contribution >= 4 is 11.8 Å². The van der Waals surface area contributed by atoms with Crippen LogP contribution in [0.4, 0.5) is 0 Å². The summed E-state index contributed by atoms with van der Waals surface area (Å²) >= 11 is 2.15. The summed E-state index contributed by atoms with van der Waals surface area (Å²) in [6.07, 6.45) is 5.71. The normalized spacial score (nSPS) is 34.2. The van der Waals surface area contributed by atoms with Crippen LogP contribution in [0.2, 0.25) is 0 Å². The largest absolute Gasteiger partial charge is 0.319 e. The first-order chi connectivity index (χ1) is 7.40. The van der Waals surface area contributed by atoms with Crippen molar-refractivity contribution in [1.82, 2.24) is 10.2 Å². The Hall–Kier alpha value is 0.270. The van der Waals surface area contributed by atoms with E-state index in [1.807, 2.05) is 0 Å². The van der Waals surface area contributed by atoms with Crippen molar-refractivity contribution in [3.8, 4) is 0 Å². The molecule has 0 spiro atoms. The summed E-state index contributed by atoms with van der Waals surface area (Å²) in [5.74, 6) is 3.67. The Labute approximate surface area is 98.2 Å². The predicted octanol–water partition coefficient (Wildman–Crippen LogP) is 1.81. The quantitative estimate of drug-likeness (QED) is 0.793. The minimum atomic E-state index is 0.892. The summed E-state index contributed by atoms with van der Waals surface area (Å²) < 4.78 is 0. The van der Waals surface area contributed by atoms with Crippen LogP contribution in [0, 0.1) is 5.92 Å². The molecule has 2 rings (SSSR count). The zero-order chi connectivity index (χ0) is 10.5. The van der Waals surface area contributed by atoms with Crippen LogP contribution in [-0.2, 0) is 0 Å². The minimum absolute atomic E-state index is 0.892. The van der Waals surface area contributed by atoms with E-state index in [0.717, 1.165) is 12.0 Å². The second-order valence-corrected chi connectivity index (χ2v) is 6.08. The highest BCUT2D eigenvalue weighted by Crippen LogP contribution is 2.25. The highest BCUT2D eigenvalue weighted by atomic mass is 32.2. The Balaban J connectivity index is 1.80. The van der Waals surface area contributed by atoms with Gasteiger partial charge in [0.1, 0.15) is 0 Å². The monoisotopic (exact) mass is 228 g/mol. The number of hydrogen-bond donors (Lipinski definition) is 1. The van der Waals surface area contributed by atoms with Gasteiger partial charge in [-0.15, -0.1) is 0 Å². The molecule has 0 aromatic heterocycles. The van der Waals surface area contributed by atoms with Crippen LogP contribution in [0.1, 0.15) is 25.7 Å². The summed E-state index contributed by atoms with van der Waals surface area (Å²) in [6, 6.07) is 0.892. The first kappa shape index (κ1) is 11.7. The standard InChI is InChI=1S/C12H24N2S/c1-13-8-11-4-2-6-14(9-11)12-5-3-7-15-10-12/h11-13H,2-10H2,1H3. The molecule has 2 aliphatic rings. The maximum absolute atomic E-state index is 3.33. The Bertz CT molecular complexity index is 178. The van der Waals surface area contributed by atoms with Crippen LogP contribution in [0.3, 0.4) is 0 Å². The molecule has 3 heteroatoms. The van der Waals surface area contributed by atoms with Crippen LogP contribution in [0.15, 0.2) is 0 Å². The van der Waals surface area contributed by atoms with Gasteiger partial charge in [-0.05, 0) is 57.5 Å². The molecule has 0 radical (unpaired) electrons. The smallest absolute Gasteiger partial charge is 0.0186 e. The van der Waals surface area contributed by atoms with Gasteiger partial charge in [0.2, 0.25) is 0 Å². The van der Waals surface area contributed by atoms with Gasteiger partial charge >= 0.3 is 0 Å². The second-order valence-electron chi connectivity index (χ2n) is 4.93. The van der Waals surface area contributed by atoms with E-state index in [-0.39, 0.29) is 0 Å². The molecule has 2 heterocycles. The summed E-state index contributed by atoms with van der Waals surface area (Å²) in [5.41, 5.74) is 0. The molecule has 0 amide bonds. The van der Waals surface area contributed by atoms with Crippen molar-refractivity contribution in [2.24, 2.45) is 5.92 Å². The highest BCUT2D eigenvalue weighted by molar-refractivity contribution is 7.99. The van der Waals surface area contributed by atoms with Gasteiger partial charge in [0.25, 0.3) is 0 Å². The lowest BCUT2D eigenvalue weighted by molar-refractivity contribution is 0.126. The SMILES string of the molecule is CNCC1CCCN(C2CCCSC2)C1. The van der Waals surface area contributed by atoms with Crippen molar-refractivity contribution in [3.05, 3.63) is 0 Å². The number of hydrogen-bond acceptors (Lipinski definition) is 3. The average Bonchev–Trinajstić information content (AvgIpc) is 2.31. The molecular formula is C12H24N2S. The van der Waals surface area contributed by atoms with Gasteiger partial charge in [0.05, 0.1) is 0 Å². The van der Waals surface area contributed by atoms with Crippen LogP contribution < -0.4 is 5.32 Å². The average molecular weight is 228 g/mol. The molecule has 2 unspecified atom stereocenters. The summed E-state index contributed by atoms with van der Waals surface area (Å²) in [5, 5.41) is 3.33. The fourth-order valence-corrected chi connectivity index (χ4v) is 4.08. The lowest BCUT2D eigenvalue weighted by Crippen LogP contribution is -2.46. The lowest BCUT2D eigenvalue weighted by atomic mass is 9.96. The van der Waals surface area contributed by atoms with E-state index < -0.39 is 0 Å². The first-order valence-electron chi connectivity index (χ1n) is 6.36. The Morgan fingerprint density at radius 1 is 1.33 bits per heavy atom. The van der Waals surface area contributed by atoms with E-state index in [1.165, 1.54) is 56.8 Å². The van der Waals surface area contributed by atoms with Gasteiger partial charge in [0.15, 0.2) is 0 Å². The van der Waals surface area contributed by atoms with E-state index in [9.17, 15) is 0 Å². The number of piperidine rings is 1. The molecule has 0 saturated carbocycles. The fraction of sp³-hybridized carbons (Fsp3) is 1.00. The molecule has 2 fully saturated rings. The van der Waals surface area contributed by atoms with E-state index in [1.54, 1.807) is 0 Å². The van der Waals surface area contributed by atoms with Crippen LogP contribution in [0.5, 0.6) is 0 Å². The topological polar surface area (TPSA) is 15.3 Å². The summed E-state index contributed by atoms with van der Waals surface area (Å²) in [6.45, 7) is 3.90. The minimum Gasteiger partial charge on any atom is -0.319 e. The molecule has 0 aliphatic carbocycles. The van der Waals surface area contributed by atoms with Crippen LogP contribution in [0.25, 0.3) is 0 Å². The Morgan fingerprint density at radius 3 is 3.00 bits per heavy atom. The van der Waals surface area contributed by atoms with E-state index in [4.69, 9.17) is 0 Å². The second kappa shape index (κ2) is 6.12. The van der Waals surface area contributed by atoms with Gasteiger partial charge in [-0.3, -0.25) is 4.90 Å². The maximum Gasteiger partial charge on any atom is 0.0186 e. The van der Waals surface area contributed by atoms with Crippen LogP contribution in [-0.4, -0.2) is 49.1 Å². The number of rotatable bonds is 3. The molecule has 2 nitrogen and oxygen atoms in total. The van der Waals surface area contributed by atoms with Crippen LogP contribution >= 0.6 is 11.8 Å². The van der Waals surface area contributed by atoms with E-state index in [2.05, 4.69) is 29.0 Å². The molecule has 15 heavy (non-hydrogen) atoms. The molecular weight excluding hydrogens is 204 g/mol. The first-order valence-corrected chi connectivity index (χ1v) is 7.52. The highest BCUT2D eigenvalue weighted by Gasteiger charge is 2.26. The number of nitrogens with one attached hydrogen (secondary N) is 1. The summed E-state index contributed by atoms with van der Waals surface area (Å²) in [7, 11) is 2.08. The number of thioether (sulfide) groups is 1. The Morgan fingerprint density at radius 2 is 2.27 bits per heavy atom. The van der Waals surface area contributed by atoms with Crippen molar-refractivity contribution < 1.29 is 0 Å². The molecule has 0 bridgehead atoms. The molecule has 0 aromatic carbocycles. The lowest BCUT2D eigenvalue weighted by Gasteiger charge is -2.39. The van der Waals surface area contributed by atoms with E-state index in [0.29, 0.717) is 0 Å². The third-order valence-corrected chi connectivity index (χ3v) is 4.89. The van der Waals surface area contributed by atoms with Crippen molar-refractivity contribution in [2.75, 3.05) is 38.2 Å². The van der Waals surface area contributed by atoms with Gasteiger partial charge in [0, 0.05) is 18.3 Å². The molecule has 0 aromatic rings. The Kier molecular flexibility index (Phi) is 4.79. The molecule has 2 saturated heterocycles. The predicted molar refractivity (Wildman–Crippen MR) is 68.6 cm³/mol. The molecule has 1 N–H and O–H groups in total. The number of nitrogens with zero attached hydrogens (tertiary/aromatic N) is 1. The van der Waals surface area contributed by atoms with Crippen molar-refractivity contribution in [2.45, 2.75) is 31.7 Å². The zero-order valence-corrected chi connectivity index (χ0v) is 10.7. The molecule has 2 atom stereocenters.